The molecule has 0 bridgehead atoms. The van der Waals surface area contributed by atoms with Crippen LogP contribution in [0.3, 0.4) is 0 Å². The summed E-state index contributed by atoms with van der Waals surface area (Å²) in [7, 11) is 0. The third kappa shape index (κ3) is 3.77. The molecular weight excluding hydrogens is 335 g/mol. The van der Waals surface area contributed by atoms with Gasteiger partial charge in [0.15, 0.2) is 0 Å². The Hall–Kier alpha value is -1.76. The van der Waals surface area contributed by atoms with Gasteiger partial charge in [-0.3, -0.25) is 9.59 Å². The van der Waals surface area contributed by atoms with Crippen LogP contribution in [0.25, 0.3) is 0 Å². The molecule has 0 aromatic heterocycles. The van der Waals surface area contributed by atoms with E-state index in [1.165, 1.54) is 0 Å². The zero-order valence-corrected chi connectivity index (χ0v) is 13.0. The molecule has 1 amide bonds. The first-order chi connectivity index (χ1) is 10.8. The predicted octanol–water partition coefficient (Wildman–Crippen LogP) is 3.01. The molecule has 0 unspecified atom stereocenters. The van der Waals surface area contributed by atoms with Gasteiger partial charge in [0.1, 0.15) is 0 Å². The Kier molecular flexibility index (Phi) is 5.19. The standard InChI is InChI=1S/C15H15ClF3NO3/c1-2-23-13(21)11-8-20(14(22)15(17,18)19)7-10(11)9-5-3-4-6-12(9)16/h3-6,10-11H,2,7-8H2,1H3/t10-,11-/m0/s1. The van der Waals surface area contributed by atoms with Crippen LogP contribution in [-0.4, -0.2) is 42.6 Å². The molecule has 0 spiro atoms. The maximum atomic E-state index is 12.7. The second-order valence-electron chi connectivity index (χ2n) is 5.19. The second-order valence-corrected chi connectivity index (χ2v) is 5.60. The molecule has 1 aliphatic rings. The Morgan fingerprint density at radius 1 is 1.30 bits per heavy atom. The van der Waals surface area contributed by atoms with Crippen molar-refractivity contribution in [3.8, 4) is 0 Å². The Morgan fingerprint density at radius 3 is 2.52 bits per heavy atom. The van der Waals surface area contributed by atoms with Crippen LogP contribution >= 0.6 is 11.6 Å². The minimum Gasteiger partial charge on any atom is -0.466 e. The van der Waals surface area contributed by atoms with E-state index in [1.54, 1.807) is 31.2 Å². The number of halogens is 4. The van der Waals surface area contributed by atoms with Crippen molar-refractivity contribution < 1.29 is 27.5 Å². The summed E-state index contributed by atoms with van der Waals surface area (Å²) in [5.41, 5.74) is 0.532. The van der Waals surface area contributed by atoms with Crippen LogP contribution in [0.15, 0.2) is 24.3 Å². The Balaban J connectivity index is 2.32. The molecule has 1 aromatic rings. The number of hydrogen-bond donors (Lipinski definition) is 0. The minimum atomic E-state index is -4.98. The number of likely N-dealkylation sites (tertiary alicyclic amines) is 1. The molecule has 0 N–H and O–H groups in total. The van der Waals surface area contributed by atoms with Gasteiger partial charge < -0.3 is 9.64 Å². The first kappa shape index (κ1) is 17.6. The summed E-state index contributed by atoms with van der Waals surface area (Å²) in [6.07, 6.45) is -4.98. The van der Waals surface area contributed by atoms with E-state index in [1.807, 2.05) is 0 Å². The molecule has 1 fully saturated rings. The van der Waals surface area contributed by atoms with E-state index in [-0.39, 0.29) is 19.7 Å². The van der Waals surface area contributed by atoms with E-state index in [9.17, 15) is 22.8 Å². The van der Waals surface area contributed by atoms with Gasteiger partial charge in [0.25, 0.3) is 0 Å². The molecule has 4 nitrogen and oxygen atoms in total. The summed E-state index contributed by atoms with van der Waals surface area (Å²) in [5.74, 6) is -4.09. The number of carbonyl (C=O) groups excluding carboxylic acids is 2. The normalized spacial score (nSPS) is 21.3. The molecule has 2 atom stereocenters. The summed E-state index contributed by atoms with van der Waals surface area (Å²) in [5, 5.41) is 0.341. The van der Waals surface area contributed by atoms with Gasteiger partial charge in [-0.15, -0.1) is 0 Å². The van der Waals surface area contributed by atoms with E-state index >= 15 is 0 Å². The number of nitrogens with zero attached hydrogens (tertiary/aromatic N) is 1. The van der Waals surface area contributed by atoms with E-state index < -0.39 is 29.9 Å². The van der Waals surface area contributed by atoms with Gasteiger partial charge in [0.2, 0.25) is 0 Å². The highest BCUT2D eigenvalue weighted by molar-refractivity contribution is 6.31. The Bertz CT molecular complexity index is 606. The summed E-state index contributed by atoms with van der Waals surface area (Å²) in [4.78, 5) is 24.2. The van der Waals surface area contributed by atoms with Gasteiger partial charge in [-0.2, -0.15) is 13.2 Å². The fraction of sp³-hybridized carbons (Fsp3) is 0.467. The van der Waals surface area contributed by atoms with Crippen LogP contribution in [0.2, 0.25) is 5.02 Å². The number of hydrogen-bond acceptors (Lipinski definition) is 3. The second kappa shape index (κ2) is 6.78. The summed E-state index contributed by atoms with van der Waals surface area (Å²) >= 11 is 6.09. The average molecular weight is 350 g/mol. The first-order valence-corrected chi connectivity index (χ1v) is 7.40. The van der Waals surface area contributed by atoms with Crippen molar-refractivity contribution in [2.24, 2.45) is 5.92 Å². The summed E-state index contributed by atoms with van der Waals surface area (Å²) in [6, 6.07) is 6.59. The predicted molar refractivity (Wildman–Crippen MR) is 77.0 cm³/mol. The quantitative estimate of drug-likeness (QED) is 0.788. The molecule has 0 aliphatic carbocycles. The zero-order valence-electron chi connectivity index (χ0n) is 12.3. The lowest BCUT2D eigenvalue weighted by Gasteiger charge is -2.18. The average Bonchev–Trinajstić information content (AvgIpc) is 2.91. The third-order valence-electron chi connectivity index (χ3n) is 3.74. The Morgan fingerprint density at radius 2 is 1.96 bits per heavy atom. The van der Waals surface area contributed by atoms with Crippen molar-refractivity contribution in [3.05, 3.63) is 34.9 Å². The molecule has 0 radical (unpaired) electrons. The van der Waals surface area contributed by atoms with Gasteiger partial charge >= 0.3 is 18.1 Å². The van der Waals surface area contributed by atoms with Gasteiger partial charge in [0.05, 0.1) is 12.5 Å². The van der Waals surface area contributed by atoms with E-state index in [4.69, 9.17) is 16.3 Å². The van der Waals surface area contributed by atoms with E-state index in [2.05, 4.69) is 0 Å². The van der Waals surface area contributed by atoms with Gasteiger partial charge in [0, 0.05) is 24.0 Å². The highest BCUT2D eigenvalue weighted by atomic mass is 35.5. The molecule has 1 aromatic carbocycles. The number of ether oxygens (including phenoxy) is 1. The molecule has 1 aliphatic heterocycles. The van der Waals surface area contributed by atoms with Crippen molar-refractivity contribution >= 4 is 23.5 Å². The highest BCUT2D eigenvalue weighted by Gasteiger charge is 2.49. The zero-order chi connectivity index (χ0) is 17.2. The lowest BCUT2D eigenvalue weighted by atomic mass is 9.89. The maximum Gasteiger partial charge on any atom is 0.471 e. The Labute approximate surface area is 136 Å². The summed E-state index contributed by atoms with van der Waals surface area (Å²) < 4.78 is 42.9. The smallest absolute Gasteiger partial charge is 0.466 e. The van der Waals surface area contributed by atoms with Crippen molar-refractivity contribution in [2.75, 3.05) is 19.7 Å². The molecule has 1 heterocycles. The first-order valence-electron chi connectivity index (χ1n) is 7.02. The number of alkyl halides is 3. The van der Waals surface area contributed by atoms with Crippen LogP contribution in [-0.2, 0) is 14.3 Å². The molecule has 1 saturated heterocycles. The number of amides is 1. The molecular formula is C15H15ClF3NO3. The van der Waals surface area contributed by atoms with Crippen molar-refractivity contribution in [3.63, 3.8) is 0 Å². The van der Waals surface area contributed by atoms with Crippen molar-refractivity contribution in [2.45, 2.75) is 19.0 Å². The third-order valence-corrected chi connectivity index (χ3v) is 4.09. The van der Waals surface area contributed by atoms with Crippen LogP contribution in [0.5, 0.6) is 0 Å². The number of esters is 1. The topological polar surface area (TPSA) is 46.6 Å². The summed E-state index contributed by atoms with van der Waals surface area (Å²) in [6.45, 7) is 1.15. The molecule has 126 valence electrons. The van der Waals surface area contributed by atoms with Gasteiger partial charge in [-0.05, 0) is 18.6 Å². The van der Waals surface area contributed by atoms with Crippen LogP contribution < -0.4 is 0 Å². The van der Waals surface area contributed by atoms with Crippen LogP contribution in [0.1, 0.15) is 18.4 Å². The monoisotopic (exact) mass is 349 g/mol. The fourth-order valence-corrected chi connectivity index (χ4v) is 3.00. The van der Waals surface area contributed by atoms with Gasteiger partial charge in [-0.25, -0.2) is 0 Å². The van der Waals surface area contributed by atoms with E-state index in [0.717, 1.165) is 0 Å². The number of rotatable bonds is 3. The lowest BCUT2D eigenvalue weighted by molar-refractivity contribution is -0.184. The van der Waals surface area contributed by atoms with Crippen molar-refractivity contribution in [1.82, 2.24) is 4.90 Å². The van der Waals surface area contributed by atoms with Crippen LogP contribution in [0, 0.1) is 5.92 Å². The van der Waals surface area contributed by atoms with E-state index in [0.29, 0.717) is 15.5 Å². The van der Waals surface area contributed by atoms with Crippen molar-refractivity contribution in [1.29, 1.82) is 0 Å². The SMILES string of the molecule is CCOC(=O)[C@H]1CN(C(=O)C(F)(F)F)C[C@H]1c1ccccc1Cl. The largest absolute Gasteiger partial charge is 0.471 e. The maximum absolute atomic E-state index is 12.7. The number of benzene rings is 1. The highest BCUT2D eigenvalue weighted by Crippen LogP contribution is 2.38. The lowest BCUT2D eigenvalue weighted by Crippen LogP contribution is -2.40. The molecule has 0 saturated carbocycles. The van der Waals surface area contributed by atoms with Crippen LogP contribution in [0.4, 0.5) is 13.2 Å². The minimum absolute atomic E-state index is 0.109. The molecule has 8 heteroatoms. The molecule has 23 heavy (non-hydrogen) atoms. The fourth-order valence-electron chi connectivity index (χ4n) is 2.73. The molecule has 2 rings (SSSR count). The van der Waals surface area contributed by atoms with Gasteiger partial charge in [-0.1, -0.05) is 29.8 Å². The number of carbonyl (C=O) groups is 2.